The van der Waals surface area contributed by atoms with Gasteiger partial charge in [0.2, 0.25) is 0 Å². The van der Waals surface area contributed by atoms with E-state index in [0.29, 0.717) is 18.8 Å². The normalized spacial score (nSPS) is 29.4. The lowest BCUT2D eigenvalue weighted by molar-refractivity contribution is -0.137. The van der Waals surface area contributed by atoms with Gasteiger partial charge in [-0.25, -0.2) is 4.39 Å². The van der Waals surface area contributed by atoms with Crippen molar-refractivity contribution in [2.75, 3.05) is 6.61 Å². The van der Waals surface area contributed by atoms with Gasteiger partial charge in [-0.3, -0.25) is 0 Å². The van der Waals surface area contributed by atoms with Gasteiger partial charge in [-0.2, -0.15) is 13.2 Å². The Morgan fingerprint density at radius 3 is 2.58 bits per heavy atom. The minimum absolute atomic E-state index is 0.0974. The van der Waals surface area contributed by atoms with E-state index < -0.39 is 17.6 Å². The third kappa shape index (κ3) is 2.34. The summed E-state index contributed by atoms with van der Waals surface area (Å²) in [7, 11) is 0. The molecule has 2 heterocycles. The molecule has 19 heavy (non-hydrogen) atoms. The van der Waals surface area contributed by atoms with Crippen molar-refractivity contribution >= 4 is 0 Å². The van der Waals surface area contributed by atoms with E-state index >= 15 is 0 Å². The Bertz CT molecular complexity index is 488. The van der Waals surface area contributed by atoms with Gasteiger partial charge in [-0.15, -0.1) is 0 Å². The summed E-state index contributed by atoms with van der Waals surface area (Å²) in [5.41, 5.74) is -0.808. The van der Waals surface area contributed by atoms with Crippen molar-refractivity contribution in [3.05, 3.63) is 35.1 Å². The fourth-order valence-electron chi connectivity index (χ4n) is 2.67. The molecule has 2 aliphatic heterocycles. The van der Waals surface area contributed by atoms with Crippen LogP contribution in [-0.2, 0) is 17.5 Å². The zero-order valence-corrected chi connectivity index (χ0v) is 10.1. The highest BCUT2D eigenvalue weighted by molar-refractivity contribution is 5.26. The fourth-order valence-corrected chi connectivity index (χ4v) is 2.67. The van der Waals surface area contributed by atoms with Gasteiger partial charge in [-0.05, 0) is 25.0 Å². The molecular weight excluding hydrogens is 262 g/mol. The van der Waals surface area contributed by atoms with Gasteiger partial charge >= 0.3 is 6.18 Å². The number of benzene rings is 1. The molecule has 6 heteroatoms. The summed E-state index contributed by atoms with van der Waals surface area (Å²) in [6.45, 7) is 0.819. The lowest BCUT2D eigenvalue weighted by Crippen LogP contribution is -2.52. The molecule has 1 saturated carbocycles. The highest BCUT2D eigenvalue weighted by Crippen LogP contribution is 2.42. The van der Waals surface area contributed by atoms with Crippen LogP contribution in [-0.4, -0.2) is 18.2 Å². The number of halogens is 4. The number of hydrogen-bond acceptors (Lipinski definition) is 2. The molecule has 3 aliphatic rings. The van der Waals surface area contributed by atoms with Crippen molar-refractivity contribution in [1.29, 1.82) is 0 Å². The van der Waals surface area contributed by atoms with Crippen LogP contribution in [0.25, 0.3) is 0 Å². The van der Waals surface area contributed by atoms with Gasteiger partial charge < -0.3 is 10.1 Å². The molecule has 104 valence electrons. The number of nitrogens with one attached hydrogen (secondary N) is 1. The standard InChI is InChI=1S/C13H13F4NO/c14-11-3-9(13(15,16)17)2-1-8(11)6-18-12-4-10(5-12)19-7-12/h1-3,10,18H,4-7H2. The molecule has 1 aliphatic carbocycles. The van der Waals surface area contributed by atoms with Crippen LogP contribution in [0, 0.1) is 5.82 Å². The van der Waals surface area contributed by atoms with Crippen molar-refractivity contribution in [1.82, 2.24) is 5.32 Å². The van der Waals surface area contributed by atoms with Gasteiger partial charge in [0.1, 0.15) is 5.82 Å². The predicted octanol–water partition coefficient (Wildman–Crippen LogP) is 2.87. The molecule has 2 bridgehead atoms. The number of ether oxygens (including phenoxy) is 1. The van der Waals surface area contributed by atoms with Crippen molar-refractivity contribution in [3.8, 4) is 0 Å². The molecule has 0 radical (unpaired) electrons. The maximum atomic E-state index is 13.6. The average molecular weight is 275 g/mol. The van der Waals surface area contributed by atoms with Crippen LogP contribution in [0.4, 0.5) is 17.6 Å². The molecule has 0 unspecified atom stereocenters. The number of alkyl halides is 3. The molecular formula is C13H13F4NO. The Labute approximate surface area is 107 Å². The first kappa shape index (κ1) is 12.9. The second-order valence-electron chi connectivity index (χ2n) is 5.28. The molecule has 1 aromatic rings. The maximum absolute atomic E-state index is 13.6. The summed E-state index contributed by atoms with van der Waals surface area (Å²) in [5.74, 6) is -0.825. The van der Waals surface area contributed by atoms with Gasteiger partial charge in [0.25, 0.3) is 0 Å². The lowest BCUT2D eigenvalue weighted by atomic mass is 9.78. The summed E-state index contributed by atoms with van der Waals surface area (Å²) in [6, 6.07) is 2.64. The van der Waals surface area contributed by atoms with E-state index in [1.165, 1.54) is 6.07 Å². The van der Waals surface area contributed by atoms with E-state index in [1.54, 1.807) is 0 Å². The summed E-state index contributed by atoms with van der Waals surface area (Å²) in [6.07, 6.45) is -2.42. The third-order valence-corrected chi connectivity index (χ3v) is 3.87. The van der Waals surface area contributed by atoms with E-state index in [1.807, 2.05) is 0 Å². The van der Waals surface area contributed by atoms with Gasteiger partial charge in [-0.1, -0.05) is 6.07 Å². The van der Waals surface area contributed by atoms with Crippen molar-refractivity contribution in [3.63, 3.8) is 0 Å². The molecule has 1 aromatic carbocycles. The Morgan fingerprint density at radius 1 is 1.32 bits per heavy atom. The molecule has 2 saturated heterocycles. The Morgan fingerprint density at radius 2 is 2.05 bits per heavy atom. The molecule has 3 fully saturated rings. The minimum atomic E-state index is -4.51. The van der Waals surface area contributed by atoms with Crippen LogP contribution < -0.4 is 5.32 Å². The quantitative estimate of drug-likeness (QED) is 0.856. The van der Waals surface area contributed by atoms with Crippen LogP contribution in [0.3, 0.4) is 0 Å². The lowest BCUT2D eigenvalue weighted by Gasteiger charge is -2.36. The molecule has 0 amide bonds. The number of fused-ring (bicyclic) bond motifs is 1. The zero-order chi connectivity index (χ0) is 13.7. The van der Waals surface area contributed by atoms with E-state index in [2.05, 4.69) is 5.32 Å². The van der Waals surface area contributed by atoms with E-state index in [9.17, 15) is 17.6 Å². The van der Waals surface area contributed by atoms with Gasteiger partial charge in [0.05, 0.1) is 18.3 Å². The van der Waals surface area contributed by atoms with E-state index in [4.69, 9.17) is 4.74 Å². The van der Waals surface area contributed by atoms with Crippen LogP contribution >= 0.6 is 0 Å². The SMILES string of the molecule is Fc1cc(C(F)(F)F)ccc1CNC12COC(C1)C2. The molecule has 0 aromatic heterocycles. The third-order valence-electron chi connectivity index (χ3n) is 3.87. The van der Waals surface area contributed by atoms with Crippen molar-refractivity contribution < 1.29 is 22.3 Å². The molecule has 0 atom stereocenters. The number of rotatable bonds is 3. The second-order valence-corrected chi connectivity index (χ2v) is 5.28. The maximum Gasteiger partial charge on any atom is 0.416 e. The first-order valence-corrected chi connectivity index (χ1v) is 6.10. The second kappa shape index (κ2) is 4.18. The molecule has 4 rings (SSSR count). The zero-order valence-electron chi connectivity index (χ0n) is 10.1. The van der Waals surface area contributed by atoms with E-state index in [-0.39, 0.29) is 17.6 Å². The Balaban J connectivity index is 1.68. The van der Waals surface area contributed by atoms with Crippen molar-refractivity contribution in [2.24, 2.45) is 0 Å². The fraction of sp³-hybridized carbons (Fsp3) is 0.538. The molecule has 0 spiro atoms. The molecule has 2 nitrogen and oxygen atoms in total. The first-order valence-electron chi connectivity index (χ1n) is 6.10. The average Bonchev–Trinajstić information content (AvgIpc) is 2.85. The van der Waals surface area contributed by atoms with Crippen LogP contribution in [0.2, 0.25) is 0 Å². The predicted molar refractivity (Wildman–Crippen MR) is 59.9 cm³/mol. The molecule has 1 N–H and O–H groups in total. The van der Waals surface area contributed by atoms with Gasteiger partial charge in [0, 0.05) is 17.6 Å². The highest BCUT2D eigenvalue weighted by Gasteiger charge is 2.51. The highest BCUT2D eigenvalue weighted by atomic mass is 19.4. The first-order chi connectivity index (χ1) is 8.88. The number of hydrogen-bond donors (Lipinski definition) is 1. The topological polar surface area (TPSA) is 21.3 Å². The van der Waals surface area contributed by atoms with Crippen molar-refractivity contribution in [2.45, 2.75) is 37.2 Å². The van der Waals surface area contributed by atoms with Crippen LogP contribution in [0.5, 0.6) is 0 Å². The minimum Gasteiger partial charge on any atom is -0.376 e. The summed E-state index contributed by atoms with van der Waals surface area (Å²) in [5, 5.41) is 3.19. The largest absolute Gasteiger partial charge is 0.416 e. The summed E-state index contributed by atoms with van der Waals surface area (Å²) in [4.78, 5) is 0. The summed E-state index contributed by atoms with van der Waals surface area (Å²) >= 11 is 0. The van der Waals surface area contributed by atoms with Crippen LogP contribution in [0.15, 0.2) is 18.2 Å². The monoisotopic (exact) mass is 275 g/mol. The smallest absolute Gasteiger partial charge is 0.376 e. The Hall–Kier alpha value is -1.14. The van der Waals surface area contributed by atoms with E-state index in [0.717, 1.165) is 18.9 Å². The summed E-state index contributed by atoms with van der Waals surface area (Å²) < 4.78 is 56.2. The van der Waals surface area contributed by atoms with Crippen LogP contribution in [0.1, 0.15) is 24.0 Å². The van der Waals surface area contributed by atoms with Gasteiger partial charge in [0.15, 0.2) is 0 Å². The Kier molecular flexibility index (Phi) is 2.83.